The Labute approximate surface area is 217 Å². The van der Waals surface area contributed by atoms with Gasteiger partial charge >= 0.3 is 0 Å². The Balaban J connectivity index is 1.32. The predicted octanol–water partition coefficient (Wildman–Crippen LogP) is 3.39. The van der Waals surface area contributed by atoms with Crippen molar-refractivity contribution in [1.29, 1.82) is 0 Å². The van der Waals surface area contributed by atoms with Crippen molar-refractivity contribution in [3.05, 3.63) is 59.9 Å². The molecule has 2 saturated heterocycles. The maximum atomic E-state index is 15.3. The van der Waals surface area contributed by atoms with Crippen molar-refractivity contribution in [1.82, 2.24) is 30.1 Å². The monoisotopic (exact) mass is 503 g/mol. The van der Waals surface area contributed by atoms with Gasteiger partial charge in [0.15, 0.2) is 0 Å². The topological polar surface area (TPSA) is 100 Å². The summed E-state index contributed by atoms with van der Waals surface area (Å²) in [4.78, 5) is 30.9. The normalized spacial score (nSPS) is 19.3. The fourth-order valence-corrected chi connectivity index (χ4v) is 5.47. The zero-order chi connectivity index (χ0) is 25.9. The van der Waals surface area contributed by atoms with Crippen LogP contribution in [0.5, 0.6) is 0 Å². The molecule has 5 rings (SSSR count). The molecule has 0 radical (unpaired) electrons. The Kier molecular flexibility index (Phi) is 7.43. The third-order valence-corrected chi connectivity index (χ3v) is 7.58. The first-order valence-corrected chi connectivity index (χ1v) is 13.0. The SMILES string of the molecule is CCc1ncnc(-c2ccc(C(=O)NC3CCN(C4CCN(C)CC4)C3)c(F)c2)c1-c1ccc(N)nc1. The summed E-state index contributed by atoms with van der Waals surface area (Å²) in [5, 5.41) is 3.06. The highest BCUT2D eigenvalue weighted by atomic mass is 19.1. The van der Waals surface area contributed by atoms with Crippen molar-refractivity contribution in [3.63, 3.8) is 0 Å². The molecule has 4 heterocycles. The van der Waals surface area contributed by atoms with Gasteiger partial charge in [-0.05, 0) is 70.1 Å². The summed E-state index contributed by atoms with van der Waals surface area (Å²) in [6.07, 6.45) is 7.03. The van der Waals surface area contributed by atoms with E-state index in [1.54, 1.807) is 24.4 Å². The van der Waals surface area contributed by atoms with Crippen LogP contribution < -0.4 is 11.1 Å². The summed E-state index contributed by atoms with van der Waals surface area (Å²) < 4.78 is 15.3. The molecular formula is C28H34FN7O. The Bertz CT molecular complexity index is 1260. The van der Waals surface area contributed by atoms with Crippen molar-refractivity contribution in [2.75, 3.05) is 39.0 Å². The van der Waals surface area contributed by atoms with Gasteiger partial charge in [0.05, 0.1) is 17.0 Å². The minimum absolute atomic E-state index is 0.0322. The highest BCUT2D eigenvalue weighted by molar-refractivity contribution is 5.95. The highest BCUT2D eigenvalue weighted by Gasteiger charge is 2.31. The lowest BCUT2D eigenvalue weighted by Crippen LogP contribution is -2.44. The number of hydrogen-bond donors (Lipinski definition) is 2. The second-order valence-electron chi connectivity index (χ2n) is 10.1. The summed E-state index contributed by atoms with van der Waals surface area (Å²) in [6.45, 7) is 6.01. The van der Waals surface area contributed by atoms with E-state index in [0.29, 0.717) is 29.5 Å². The number of aryl methyl sites for hydroxylation is 1. The number of benzene rings is 1. The van der Waals surface area contributed by atoms with E-state index in [2.05, 4.69) is 37.1 Å². The summed E-state index contributed by atoms with van der Waals surface area (Å²) in [7, 11) is 2.16. The molecule has 194 valence electrons. The van der Waals surface area contributed by atoms with Gasteiger partial charge in [-0.15, -0.1) is 0 Å². The summed E-state index contributed by atoms with van der Waals surface area (Å²) in [6, 6.07) is 8.85. The number of nitrogens with zero attached hydrogens (tertiary/aromatic N) is 5. The third-order valence-electron chi connectivity index (χ3n) is 7.58. The molecule has 2 aromatic heterocycles. The minimum atomic E-state index is -0.571. The van der Waals surface area contributed by atoms with E-state index >= 15 is 4.39 Å². The van der Waals surface area contributed by atoms with Crippen LogP contribution in [0.3, 0.4) is 0 Å². The maximum Gasteiger partial charge on any atom is 0.254 e. The summed E-state index contributed by atoms with van der Waals surface area (Å²) >= 11 is 0. The van der Waals surface area contributed by atoms with Crippen molar-refractivity contribution < 1.29 is 9.18 Å². The van der Waals surface area contributed by atoms with E-state index in [1.165, 1.54) is 12.4 Å². The lowest BCUT2D eigenvalue weighted by Gasteiger charge is -2.35. The molecule has 3 N–H and O–H groups in total. The lowest BCUT2D eigenvalue weighted by atomic mass is 9.97. The van der Waals surface area contributed by atoms with Crippen LogP contribution in [0, 0.1) is 5.82 Å². The molecule has 1 amide bonds. The number of anilines is 1. The molecule has 1 atom stereocenters. The molecule has 0 saturated carbocycles. The van der Waals surface area contributed by atoms with Gasteiger partial charge in [-0.25, -0.2) is 19.3 Å². The van der Waals surface area contributed by atoms with Crippen molar-refractivity contribution >= 4 is 11.7 Å². The Hall–Kier alpha value is -3.43. The van der Waals surface area contributed by atoms with Crippen LogP contribution in [0.1, 0.15) is 42.2 Å². The van der Waals surface area contributed by atoms with Crippen LogP contribution in [-0.4, -0.2) is 76.0 Å². The molecule has 0 bridgehead atoms. The number of carbonyl (C=O) groups excluding carboxylic acids is 1. The van der Waals surface area contributed by atoms with Gasteiger partial charge in [0.2, 0.25) is 0 Å². The van der Waals surface area contributed by atoms with Crippen molar-refractivity contribution in [3.8, 4) is 22.4 Å². The standard InChI is InChI=1S/C28H34FN7O/c1-3-24-26(19-5-7-25(30)31-15-19)27(33-17-32-24)18-4-6-22(23(29)14-18)28(37)34-20-8-13-36(16-20)21-9-11-35(2)12-10-21/h4-7,14-15,17,20-21H,3,8-13,16H2,1-2H3,(H2,30,31)(H,34,37). The Morgan fingerprint density at radius 1 is 1.08 bits per heavy atom. The number of hydrogen-bond acceptors (Lipinski definition) is 7. The first kappa shape index (κ1) is 25.2. The zero-order valence-corrected chi connectivity index (χ0v) is 21.5. The Morgan fingerprint density at radius 3 is 2.57 bits per heavy atom. The first-order chi connectivity index (χ1) is 17.9. The molecule has 0 spiro atoms. The van der Waals surface area contributed by atoms with E-state index in [0.717, 1.165) is 62.3 Å². The van der Waals surface area contributed by atoms with Gasteiger partial charge in [0.25, 0.3) is 5.91 Å². The molecule has 9 heteroatoms. The van der Waals surface area contributed by atoms with Crippen molar-refractivity contribution in [2.45, 2.75) is 44.7 Å². The van der Waals surface area contributed by atoms with Crippen LogP contribution in [0.2, 0.25) is 0 Å². The number of likely N-dealkylation sites (tertiary alicyclic amines) is 2. The average Bonchev–Trinajstić information content (AvgIpc) is 3.37. The van der Waals surface area contributed by atoms with E-state index in [1.807, 2.05) is 13.0 Å². The molecule has 2 fully saturated rings. The van der Waals surface area contributed by atoms with Crippen molar-refractivity contribution in [2.24, 2.45) is 0 Å². The number of halogens is 1. The number of aromatic nitrogens is 3. The number of rotatable bonds is 6. The molecule has 2 aliphatic rings. The van der Waals surface area contributed by atoms with Crippen LogP contribution >= 0.6 is 0 Å². The molecule has 2 aliphatic heterocycles. The number of pyridine rings is 1. The van der Waals surface area contributed by atoms with E-state index in [-0.39, 0.29) is 17.5 Å². The minimum Gasteiger partial charge on any atom is -0.384 e. The van der Waals surface area contributed by atoms with Crippen LogP contribution in [-0.2, 0) is 6.42 Å². The van der Waals surface area contributed by atoms with Crippen LogP contribution in [0.25, 0.3) is 22.4 Å². The molecule has 8 nitrogen and oxygen atoms in total. The molecule has 1 aromatic carbocycles. The van der Waals surface area contributed by atoms with Gasteiger partial charge in [-0.1, -0.05) is 13.0 Å². The van der Waals surface area contributed by atoms with Gasteiger partial charge in [-0.2, -0.15) is 0 Å². The maximum absolute atomic E-state index is 15.3. The zero-order valence-electron chi connectivity index (χ0n) is 21.5. The summed E-state index contributed by atoms with van der Waals surface area (Å²) in [5.74, 6) is -0.532. The van der Waals surface area contributed by atoms with Crippen LogP contribution in [0.15, 0.2) is 42.9 Å². The predicted molar refractivity (Wildman–Crippen MR) is 142 cm³/mol. The lowest BCUT2D eigenvalue weighted by molar-refractivity contribution is 0.0928. The molecule has 3 aromatic rings. The summed E-state index contributed by atoms with van der Waals surface area (Å²) in [5.41, 5.74) is 9.39. The molecule has 37 heavy (non-hydrogen) atoms. The Morgan fingerprint density at radius 2 is 1.86 bits per heavy atom. The number of carbonyl (C=O) groups is 1. The third kappa shape index (κ3) is 5.47. The van der Waals surface area contributed by atoms with Gasteiger partial charge in [-0.3, -0.25) is 9.69 Å². The molecule has 0 aliphatic carbocycles. The highest BCUT2D eigenvalue weighted by Crippen LogP contribution is 2.33. The number of nitrogens with two attached hydrogens (primary N) is 1. The van der Waals surface area contributed by atoms with E-state index in [4.69, 9.17) is 5.73 Å². The number of piperidine rings is 1. The van der Waals surface area contributed by atoms with Gasteiger partial charge in [0.1, 0.15) is 18.0 Å². The number of nitrogens with one attached hydrogen (secondary N) is 1. The second-order valence-corrected chi connectivity index (χ2v) is 10.1. The number of nitrogen functional groups attached to an aromatic ring is 1. The first-order valence-electron chi connectivity index (χ1n) is 13.0. The number of amides is 1. The van der Waals surface area contributed by atoms with Crippen LogP contribution in [0.4, 0.5) is 10.2 Å². The van der Waals surface area contributed by atoms with E-state index in [9.17, 15) is 4.79 Å². The molecule has 1 unspecified atom stereocenters. The second kappa shape index (κ2) is 10.9. The smallest absolute Gasteiger partial charge is 0.254 e. The largest absolute Gasteiger partial charge is 0.384 e. The van der Waals surface area contributed by atoms with E-state index < -0.39 is 5.82 Å². The average molecular weight is 504 g/mol. The van der Waals surface area contributed by atoms with Gasteiger partial charge < -0.3 is 16.0 Å². The molecular weight excluding hydrogens is 469 g/mol. The fourth-order valence-electron chi connectivity index (χ4n) is 5.47. The fraction of sp³-hybridized carbons (Fsp3) is 0.429. The van der Waals surface area contributed by atoms with Gasteiger partial charge in [0, 0.05) is 48.1 Å². The quantitative estimate of drug-likeness (QED) is 0.532.